The van der Waals surface area contributed by atoms with Crippen molar-refractivity contribution in [1.82, 2.24) is 4.98 Å². The van der Waals surface area contributed by atoms with E-state index >= 15 is 0 Å². The van der Waals surface area contributed by atoms with Crippen LogP contribution < -0.4 is 0 Å². The van der Waals surface area contributed by atoms with E-state index in [-0.39, 0.29) is 6.61 Å². The molecule has 1 aromatic rings. The molecule has 0 spiro atoms. The molecule has 0 aliphatic rings. The quantitative estimate of drug-likeness (QED) is 0.590. The molecule has 0 radical (unpaired) electrons. The van der Waals surface area contributed by atoms with Gasteiger partial charge in [-0.15, -0.1) is 0 Å². The zero-order valence-electron chi connectivity index (χ0n) is 4.19. The predicted octanol–water partition coefficient (Wildman–Crippen LogP) is 1.16. The van der Waals surface area contributed by atoms with Crippen molar-refractivity contribution < 1.29 is 5.11 Å². The van der Waals surface area contributed by atoms with Gasteiger partial charge in [0.25, 0.3) is 0 Å². The van der Waals surface area contributed by atoms with E-state index in [1.807, 2.05) is 0 Å². The molecule has 0 saturated heterocycles. The van der Waals surface area contributed by atoms with Crippen molar-refractivity contribution in [3.05, 3.63) is 23.0 Å². The monoisotopic (exact) mass is 131 g/mol. The molecule has 1 heterocycles. The molecule has 2 N–H and O–H groups in total. The lowest BCUT2D eigenvalue weighted by Crippen LogP contribution is -1.80. The Balaban J connectivity index is 2.92. The van der Waals surface area contributed by atoms with Crippen LogP contribution in [0.4, 0.5) is 0 Å². The van der Waals surface area contributed by atoms with Crippen molar-refractivity contribution in [2.75, 3.05) is 0 Å². The molecule has 0 amide bonds. The molecular formula is C5H6ClNO. The molecule has 0 saturated carbocycles. The summed E-state index contributed by atoms with van der Waals surface area (Å²) in [6, 6.07) is 1.70. The van der Waals surface area contributed by atoms with Crippen LogP contribution in [0.2, 0.25) is 5.02 Å². The Hall–Kier alpha value is -0.470. The summed E-state index contributed by atoms with van der Waals surface area (Å²) < 4.78 is 0. The maximum atomic E-state index is 8.49. The van der Waals surface area contributed by atoms with Crippen molar-refractivity contribution in [3.63, 3.8) is 0 Å². The minimum Gasteiger partial charge on any atom is -0.390 e. The van der Waals surface area contributed by atoms with Crippen molar-refractivity contribution in [3.8, 4) is 0 Å². The summed E-state index contributed by atoms with van der Waals surface area (Å²) in [5.41, 5.74) is 0.673. The molecule has 0 aromatic carbocycles. The molecule has 8 heavy (non-hydrogen) atoms. The molecule has 0 atom stereocenters. The van der Waals surface area contributed by atoms with Crippen LogP contribution in [-0.2, 0) is 6.61 Å². The van der Waals surface area contributed by atoms with Crippen LogP contribution in [0.5, 0.6) is 0 Å². The fourth-order valence-corrected chi connectivity index (χ4v) is 0.683. The van der Waals surface area contributed by atoms with E-state index in [9.17, 15) is 0 Å². The van der Waals surface area contributed by atoms with E-state index in [0.29, 0.717) is 10.7 Å². The lowest BCUT2D eigenvalue weighted by atomic mass is 10.5. The molecule has 44 valence electrons. The molecule has 0 unspecified atom stereocenters. The molecule has 0 aliphatic carbocycles. The van der Waals surface area contributed by atoms with Gasteiger partial charge in [-0.1, -0.05) is 11.6 Å². The molecule has 2 nitrogen and oxygen atoms in total. The maximum Gasteiger partial charge on any atom is 0.0846 e. The third-order valence-electron chi connectivity index (χ3n) is 0.934. The summed E-state index contributed by atoms with van der Waals surface area (Å²) in [5.74, 6) is 0. The number of hydrogen-bond acceptors (Lipinski definition) is 1. The normalized spacial score (nSPS) is 9.75. The third kappa shape index (κ3) is 0.854. The van der Waals surface area contributed by atoms with Gasteiger partial charge in [0.05, 0.1) is 17.3 Å². The van der Waals surface area contributed by atoms with Crippen molar-refractivity contribution in [1.29, 1.82) is 0 Å². The number of aromatic nitrogens is 1. The van der Waals surface area contributed by atoms with Gasteiger partial charge in [-0.05, 0) is 6.07 Å². The van der Waals surface area contributed by atoms with Gasteiger partial charge in [-0.25, -0.2) is 0 Å². The first kappa shape index (κ1) is 5.66. The van der Waals surface area contributed by atoms with Crippen LogP contribution in [0.3, 0.4) is 0 Å². The van der Waals surface area contributed by atoms with E-state index in [2.05, 4.69) is 4.98 Å². The number of hydrogen-bond donors (Lipinski definition) is 2. The zero-order chi connectivity index (χ0) is 5.98. The average molecular weight is 132 g/mol. The molecule has 0 fully saturated rings. The average Bonchev–Trinajstić information content (AvgIpc) is 2.14. The first-order chi connectivity index (χ1) is 3.84. The van der Waals surface area contributed by atoms with Gasteiger partial charge < -0.3 is 10.1 Å². The Bertz CT molecular complexity index is 173. The number of aliphatic hydroxyl groups excluding tert-OH is 1. The highest BCUT2D eigenvalue weighted by Gasteiger charge is 1.95. The molecule has 1 aromatic heterocycles. The molecular weight excluding hydrogens is 126 g/mol. The summed E-state index contributed by atoms with van der Waals surface area (Å²) in [4.78, 5) is 2.77. The third-order valence-corrected chi connectivity index (χ3v) is 1.29. The highest BCUT2D eigenvalue weighted by Crippen LogP contribution is 2.11. The first-order valence-corrected chi connectivity index (χ1v) is 2.65. The van der Waals surface area contributed by atoms with Crippen molar-refractivity contribution in [2.45, 2.75) is 6.61 Å². The zero-order valence-corrected chi connectivity index (χ0v) is 4.94. The molecule has 0 aliphatic heterocycles. The smallest absolute Gasteiger partial charge is 0.0846 e. The van der Waals surface area contributed by atoms with Crippen molar-refractivity contribution >= 4 is 11.6 Å². The van der Waals surface area contributed by atoms with Crippen LogP contribution in [-0.4, -0.2) is 10.1 Å². The number of H-pyrrole nitrogens is 1. The van der Waals surface area contributed by atoms with Crippen LogP contribution in [0.25, 0.3) is 0 Å². The number of aromatic amines is 1. The van der Waals surface area contributed by atoms with Crippen LogP contribution >= 0.6 is 11.6 Å². The fraction of sp³-hybridized carbons (Fsp3) is 0.200. The first-order valence-electron chi connectivity index (χ1n) is 2.27. The van der Waals surface area contributed by atoms with Crippen LogP contribution in [0, 0.1) is 0 Å². The van der Waals surface area contributed by atoms with E-state index in [0.717, 1.165) is 0 Å². The topological polar surface area (TPSA) is 36.0 Å². The van der Waals surface area contributed by atoms with E-state index in [1.54, 1.807) is 12.3 Å². The van der Waals surface area contributed by atoms with Gasteiger partial charge >= 0.3 is 0 Å². The van der Waals surface area contributed by atoms with Crippen molar-refractivity contribution in [2.24, 2.45) is 0 Å². The second-order valence-corrected chi connectivity index (χ2v) is 1.87. The second kappa shape index (κ2) is 2.20. The number of rotatable bonds is 1. The van der Waals surface area contributed by atoms with Gasteiger partial charge in [0.2, 0.25) is 0 Å². The number of aliphatic hydroxyl groups is 1. The summed E-state index contributed by atoms with van der Waals surface area (Å²) in [7, 11) is 0. The largest absolute Gasteiger partial charge is 0.390 e. The summed E-state index contributed by atoms with van der Waals surface area (Å²) in [6.07, 6.45) is 1.69. The van der Waals surface area contributed by atoms with Gasteiger partial charge in [0.1, 0.15) is 0 Å². The van der Waals surface area contributed by atoms with Gasteiger partial charge in [0, 0.05) is 6.20 Å². The Kier molecular flexibility index (Phi) is 1.56. The van der Waals surface area contributed by atoms with Gasteiger partial charge in [-0.2, -0.15) is 0 Å². The second-order valence-electron chi connectivity index (χ2n) is 1.46. The highest BCUT2D eigenvalue weighted by atomic mass is 35.5. The lowest BCUT2D eigenvalue weighted by Gasteiger charge is -1.86. The minimum atomic E-state index is -0.0220. The Morgan fingerprint density at radius 2 is 2.50 bits per heavy atom. The molecule has 1 rings (SSSR count). The van der Waals surface area contributed by atoms with Crippen LogP contribution in [0.1, 0.15) is 5.69 Å². The standard InChI is InChI=1S/C5H6ClNO/c6-4-1-2-7-5(4)3-8/h1-2,7-8H,3H2. The predicted molar refractivity (Wildman–Crippen MR) is 31.7 cm³/mol. The van der Waals surface area contributed by atoms with Gasteiger partial charge in [0.15, 0.2) is 0 Å². The summed E-state index contributed by atoms with van der Waals surface area (Å²) in [5, 5.41) is 9.08. The molecule has 3 heteroatoms. The Morgan fingerprint density at radius 3 is 2.75 bits per heavy atom. The highest BCUT2D eigenvalue weighted by molar-refractivity contribution is 6.31. The Labute approximate surface area is 52.1 Å². The lowest BCUT2D eigenvalue weighted by molar-refractivity contribution is 0.277. The summed E-state index contributed by atoms with van der Waals surface area (Å²) >= 11 is 5.55. The Morgan fingerprint density at radius 1 is 1.75 bits per heavy atom. The van der Waals surface area contributed by atoms with Crippen LogP contribution in [0.15, 0.2) is 12.3 Å². The number of halogens is 1. The fourth-order valence-electron chi connectivity index (χ4n) is 0.506. The van der Waals surface area contributed by atoms with E-state index in [4.69, 9.17) is 16.7 Å². The van der Waals surface area contributed by atoms with Gasteiger partial charge in [-0.3, -0.25) is 0 Å². The maximum absolute atomic E-state index is 8.49. The number of nitrogens with one attached hydrogen (secondary N) is 1. The minimum absolute atomic E-state index is 0.0220. The SMILES string of the molecule is OCc1[nH]ccc1Cl. The van der Waals surface area contributed by atoms with E-state index in [1.165, 1.54) is 0 Å². The molecule has 0 bridgehead atoms. The van der Waals surface area contributed by atoms with E-state index < -0.39 is 0 Å². The summed E-state index contributed by atoms with van der Waals surface area (Å²) in [6.45, 7) is -0.0220.